The van der Waals surface area contributed by atoms with Crippen LogP contribution in [0.25, 0.3) is 0 Å². The minimum absolute atomic E-state index is 0.00150. The molecule has 1 amide bonds. The zero-order chi connectivity index (χ0) is 34.8. The minimum Gasteiger partial charge on any atom is -0.328 e. The summed E-state index contributed by atoms with van der Waals surface area (Å²) in [7, 11) is 2.25. The number of halogens is 2. The average molecular weight is 672 g/mol. The van der Waals surface area contributed by atoms with E-state index in [-0.39, 0.29) is 30.7 Å². The zero-order valence-electron chi connectivity index (χ0n) is 29.1. The van der Waals surface area contributed by atoms with Crippen molar-refractivity contribution in [2.24, 2.45) is 10.1 Å². The highest BCUT2D eigenvalue weighted by molar-refractivity contribution is 7.10. The second-order valence-electron chi connectivity index (χ2n) is 10.7. The monoisotopic (exact) mass is 671 g/mol. The summed E-state index contributed by atoms with van der Waals surface area (Å²) in [5, 5.41) is 13.2. The van der Waals surface area contributed by atoms with Crippen LogP contribution in [0.4, 0.5) is 19.6 Å². The summed E-state index contributed by atoms with van der Waals surface area (Å²) in [5.41, 5.74) is 4.12. The van der Waals surface area contributed by atoms with Crippen LogP contribution >= 0.6 is 11.5 Å². The maximum atomic E-state index is 13.5. The summed E-state index contributed by atoms with van der Waals surface area (Å²) in [6.07, 6.45) is 15.7. The van der Waals surface area contributed by atoms with Gasteiger partial charge in [0, 0.05) is 44.3 Å². The van der Waals surface area contributed by atoms with E-state index in [0.717, 1.165) is 41.6 Å². The molecule has 1 unspecified atom stereocenters. The Kier molecular flexibility index (Phi) is 17.5. The number of aromatic nitrogens is 3. The smallest absolute Gasteiger partial charge is 0.246 e. The molecule has 1 aliphatic heterocycles. The number of nitrogens with one attached hydrogen (secondary N) is 2. The predicted octanol–water partition coefficient (Wildman–Crippen LogP) is 7.11. The second kappa shape index (κ2) is 21.0. The molecule has 2 aromatic heterocycles. The molecule has 3 heterocycles. The maximum Gasteiger partial charge on any atom is 0.246 e. The lowest BCUT2D eigenvalue weighted by molar-refractivity contribution is -0.120. The lowest BCUT2D eigenvalue weighted by Crippen LogP contribution is -2.32. The normalized spacial score (nSPS) is 16.2. The molecule has 0 radical (unpaired) electrons. The van der Waals surface area contributed by atoms with Gasteiger partial charge in [-0.05, 0) is 89.0 Å². The van der Waals surface area contributed by atoms with Crippen LogP contribution in [0.2, 0.25) is 0 Å². The van der Waals surface area contributed by atoms with E-state index in [2.05, 4.69) is 47.6 Å². The molecule has 258 valence electrons. The van der Waals surface area contributed by atoms with Gasteiger partial charge in [0.1, 0.15) is 17.4 Å². The number of anilines is 2. The first-order valence-electron chi connectivity index (χ1n) is 16.1. The van der Waals surface area contributed by atoms with Crippen molar-refractivity contribution in [3.8, 4) is 0 Å². The summed E-state index contributed by atoms with van der Waals surface area (Å²) in [6, 6.07) is 1.98. The molecule has 0 spiro atoms. The Morgan fingerprint density at radius 2 is 1.96 bits per heavy atom. The Morgan fingerprint density at radius 1 is 1.23 bits per heavy atom. The molecular weight excluding hydrogens is 620 g/mol. The number of alkyl halides is 1. The van der Waals surface area contributed by atoms with Gasteiger partial charge < -0.3 is 15.2 Å². The molecule has 47 heavy (non-hydrogen) atoms. The molecular formula is C34H51F2N9OS. The Balaban J connectivity index is 0.00000185. The van der Waals surface area contributed by atoms with Crippen LogP contribution in [-0.2, 0) is 11.3 Å². The molecule has 0 bridgehead atoms. The third-order valence-electron chi connectivity index (χ3n) is 7.27. The number of rotatable bonds is 11. The topological polar surface area (TPSA) is 103 Å². The lowest BCUT2D eigenvalue weighted by atomic mass is 10.1. The van der Waals surface area contributed by atoms with Crippen molar-refractivity contribution < 1.29 is 13.6 Å². The number of carbonyl (C=O) groups is 1. The Morgan fingerprint density at radius 3 is 2.64 bits per heavy atom. The summed E-state index contributed by atoms with van der Waals surface area (Å²) in [6.45, 7) is 14.9. The van der Waals surface area contributed by atoms with E-state index in [1.165, 1.54) is 36.9 Å². The van der Waals surface area contributed by atoms with E-state index in [1.54, 1.807) is 43.4 Å². The summed E-state index contributed by atoms with van der Waals surface area (Å²) >= 11 is 1.43. The molecule has 1 fully saturated rings. The molecule has 2 aliphatic rings. The zero-order valence-corrected chi connectivity index (χ0v) is 29.9. The summed E-state index contributed by atoms with van der Waals surface area (Å²) < 4.78 is 29.8. The van der Waals surface area contributed by atoms with Gasteiger partial charge in [-0.1, -0.05) is 32.4 Å². The van der Waals surface area contributed by atoms with E-state index in [1.807, 2.05) is 40.1 Å². The van der Waals surface area contributed by atoms with Crippen molar-refractivity contribution >= 4 is 34.5 Å². The summed E-state index contributed by atoms with van der Waals surface area (Å²) in [5.74, 6) is 0.150. The van der Waals surface area contributed by atoms with Gasteiger partial charge in [0.05, 0.1) is 24.6 Å². The number of carbonyl (C=O) groups excluding carboxylic acids is 1. The van der Waals surface area contributed by atoms with Crippen molar-refractivity contribution in [3.63, 3.8) is 0 Å². The molecule has 1 saturated heterocycles. The van der Waals surface area contributed by atoms with Crippen LogP contribution in [0.3, 0.4) is 0 Å². The van der Waals surface area contributed by atoms with Crippen molar-refractivity contribution in [3.05, 3.63) is 76.7 Å². The first-order valence-corrected chi connectivity index (χ1v) is 16.8. The Bertz CT molecular complexity index is 1500. The van der Waals surface area contributed by atoms with E-state index < -0.39 is 0 Å². The molecule has 4 rings (SSSR count). The molecule has 1 atom stereocenters. The van der Waals surface area contributed by atoms with Crippen molar-refractivity contribution in [1.82, 2.24) is 29.2 Å². The second-order valence-corrected chi connectivity index (χ2v) is 11.5. The first kappa shape index (κ1) is 39.2. The number of nitrogens with zero attached hydrogens (tertiary/aromatic N) is 7. The molecule has 2 aromatic rings. The van der Waals surface area contributed by atoms with Crippen LogP contribution in [0.15, 0.2) is 70.0 Å². The van der Waals surface area contributed by atoms with Crippen LogP contribution < -0.4 is 16.1 Å². The number of amides is 1. The number of hydrogen-bond donors (Lipinski definition) is 2. The van der Waals surface area contributed by atoms with E-state index in [0.29, 0.717) is 24.2 Å². The van der Waals surface area contributed by atoms with E-state index >= 15 is 0 Å². The fourth-order valence-electron chi connectivity index (χ4n) is 5.02. The largest absolute Gasteiger partial charge is 0.328 e. The minimum atomic E-state index is -0.257. The fraction of sp³-hybridized carbons (Fsp3) is 0.500. The summed E-state index contributed by atoms with van der Waals surface area (Å²) in [4.78, 5) is 24.6. The predicted molar refractivity (Wildman–Crippen MR) is 190 cm³/mol. The van der Waals surface area contributed by atoms with E-state index in [9.17, 15) is 13.6 Å². The highest BCUT2D eigenvalue weighted by Crippen LogP contribution is 2.23. The van der Waals surface area contributed by atoms with Gasteiger partial charge in [0.15, 0.2) is 11.3 Å². The van der Waals surface area contributed by atoms with Gasteiger partial charge in [-0.15, -0.1) is 0 Å². The number of hydrogen-bond acceptors (Lipinski definition) is 9. The molecule has 0 aromatic carbocycles. The first-order chi connectivity index (χ1) is 22.7. The lowest BCUT2D eigenvalue weighted by Gasteiger charge is -2.25. The Hall–Kier alpha value is -3.97. The van der Waals surface area contributed by atoms with Crippen molar-refractivity contribution in [1.29, 1.82) is 0 Å². The van der Waals surface area contributed by atoms with Crippen LogP contribution in [0.5, 0.6) is 0 Å². The van der Waals surface area contributed by atoms with Gasteiger partial charge in [0.25, 0.3) is 0 Å². The highest BCUT2D eigenvalue weighted by atomic mass is 32.1. The average Bonchev–Trinajstić information content (AvgIpc) is 3.40. The highest BCUT2D eigenvalue weighted by Gasteiger charge is 2.17. The van der Waals surface area contributed by atoms with Crippen LogP contribution in [0, 0.1) is 6.92 Å². The molecule has 0 saturated carbocycles. The molecule has 2 N–H and O–H groups in total. The van der Waals surface area contributed by atoms with E-state index in [4.69, 9.17) is 4.98 Å². The SMILES string of the molecule is C/C=N\N(/C=C(\C)C(C)n1cc(C)nc(Nc2cc(CN3CCCCC3)ns2)c1=NC)CC(=O)NC1=CCC(F)=CC=C1.CC.CF. The number of allylic oxidation sites excluding steroid dienone is 6. The maximum absolute atomic E-state index is 13.5. The van der Waals surface area contributed by atoms with Crippen LogP contribution in [0.1, 0.15) is 77.7 Å². The number of likely N-dealkylation sites (tertiary alicyclic amines) is 1. The third kappa shape index (κ3) is 12.6. The number of hydrazone groups is 1. The standard InChI is InChI=1S/C31H42FN9OS.C2H6.CH3F/c1-6-34-40(21-28(42)36-26-12-10-11-25(32)13-14-26)18-22(2)24(4)41-19-23(3)35-30(31(41)33-5)37-29-17-27(38-43-29)20-39-15-8-7-9-16-39;2*1-2/h6,10-12,14,17-19,24H,7-9,13,15-16,20-21H2,1-5H3,(H,35,37)(H,36,42);1-2H3;1H3/b22-18+,33-31?,34-6-;;. The van der Waals surface area contributed by atoms with Crippen LogP contribution in [-0.4, -0.2) is 69.8 Å². The van der Waals surface area contributed by atoms with Crippen molar-refractivity contribution in [2.75, 3.05) is 39.2 Å². The van der Waals surface area contributed by atoms with Gasteiger partial charge in [-0.25, -0.2) is 9.37 Å². The number of aryl methyl sites for hydroxylation is 1. The van der Waals surface area contributed by atoms with Gasteiger partial charge in [-0.2, -0.15) is 9.47 Å². The molecule has 1 aliphatic carbocycles. The van der Waals surface area contributed by atoms with Gasteiger partial charge in [0.2, 0.25) is 5.91 Å². The molecule has 10 nitrogen and oxygen atoms in total. The van der Waals surface area contributed by atoms with Crippen molar-refractivity contribution in [2.45, 2.75) is 79.8 Å². The third-order valence-corrected chi connectivity index (χ3v) is 8.01. The van der Waals surface area contributed by atoms with Gasteiger partial charge >= 0.3 is 0 Å². The Labute approximate surface area is 282 Å². The fourth-order valence-corrected chi connectivity index (χ4v) is 5.68. The quantitative estimate of drug-likeness (QED) is 0.195. The number of piperidine rings is 1. The molecule has 13 heteroatoms. The van der Waals surface area contributed by atoms with Gasteiger partial charge in [-0.3, -0.25) is 24.1 Å².